The van der Waals surface area contributed by atoms with Crippen LogP contribution in [0.5, 0.6) is 0 Å². The van der Waals surface area contributed by atoms with Crippen LogP contribution in [0.3, 0.4) is 0 Å². The third-order valence-corrected chi connectivity index (χ3v) is 5.44. The molecule has 1 atom stereocenters. The highest BCUT2D eigenvalue weighted by Crippen LogP contribution is 2.13. The maximum absolute atomic E-state index is 12.5. The lowest BCUT2D eigenvalue weighted by Crippen LogP contribution is -2.54. The van der Waals surface area contributed by atoms with Crippen molar-refractivity contribution in [1.82, 2.24) is 14.7 Å². The first-order valence-electron chi connectivity index (χ1n) is 9.64. The number of rotatable bonds is 5. The van der Waals surface area contributed by atoms with Gasteiger partial charge >= 0.3 is 0 Å². The summed E-state index contributed by atoms with van der Waals surface area (Å²) in [6.45, 7) is 9.61. The van der Waals surface area contributed by atoms with Crippen LogP contribution in [-0.2, 0) is 9.59 Å². The van der Waals surface area contributed by atoms with Gasteiger partial charge in [-0.1, -0.05) is 12.1 Å². The van der Waals surface area contributed by atoms with Gasteiger partial charge in [-0.3, -0.25) is 19.4 Å². The van der Waals surface area contributed by atoms with E-state index in [9.17, 15) is 9.59 Å². The fourth-order valence-corrected chi connectivity index (χ4v) is 3.70. The molecule has 0 spiro atoms. The molecule has 0 saturated carbocycles. The van der Waals surface area contributed by atoms with Crippen molar-refractivity contribution in [3.8, 4) is 0 Å². The fourth-order valence-electron chi connectivity index (χ4n) is 3.70. The quantitative estimate of drug-likeness (QED) is 0.868. The Hall–Kier alpha value is -1.92. The first-order chi connectivity index (χ1) is 12.5. The molecule has 2 fully saturated rings. The monoisotopic (exact) mass is 358 g/mol. The van der Waals surface area contributed by atoms with Gasteiger partial charge in [-0.25, -0.2) is 0 Å². The molecular formula is C20H30N4O2. The highest BCUT2D eigenvalue weighted by molar-refractivity contribution is 5.94. The maximum atomic E-state index is 12.5. The van der Waals surface area contributed by atoms with E-state index in [4.69, 9.17) is 0 Å². The van der Waals surface area contributed by atoms with E-state index in [1.165, 1.54) is 0 Å². The van der Waals surface area contributed by atoms with Crippen LogP contribution in [0, 0.1) is 6.92 Å². The molecular weight excluding hydrogens is 328 g/mol. The van der Waals surface area contributed by atoms with Gasteiger partial charge in [0.2, 0.25) is 11.8 Å². The molecule has 142 valence electrons. The number of benzene rings is 1. The molecule has 1 aromatic rings. The number of hydrogen-bond donors (Lipinski definition) is 1. The second-order valence-electron chi connectivity index (χ2n) is 7.43. The lowest BCUT2D eigenvalue weighted by molar-refractivity contribution is -0.132. The van der Waals surface area contributed by atoms with Gasteiger partial charge in [0, 0.05) is 45.0 Å². The highest BCUT2D eigenvalue weighted by Gasteiger charge is 2.27. The molecule has 6 nitrogen and oxygen atoms in total. The SMILES string of the molecule is Cc1cccc(NC(=O)[C@@H](C)N2CCN(CC(=O)N3CCCC3)CC2)c1. The van der Waals surface area contributed by atoms with Gasteiger partial charge in [0.25, 0.3) is 0 Å². The van der Waals surface area contributed by atoms with E-state index in [1.54, 1.807) is 0 Å². The Morgan fingerprint density at radius 2 is 1.77 bits per heavy atom. The summed E-state index contributed by atoms with van der Waals surface area (Å²) in [5, 5.41) is 3.01. The predicted molar refractivity (Wildman–Crippen MR) is 103 cm³/mol. The summed E-state index contributed by atoms with van der Waals surface area (Å²) in [5.41, 5.74) is 1.98. The normalized spacial score (nSPS) is 20.2. The topological polar surface area (TPSA) is 55.9 Å². The summed E-state index contributed by atoms with van der Waals surface area (Å²) < 4.78 is 0. The molecule has 3 rings (SSSR count). The van der Waals surface area contributed by atoms with Crippen molar-refractivity contribution >= 4 is 17.5 Å². The zero-order valence-electron chi connectivity index (χ0n) is 15.9. The molecule has 0 radical (unpaired) electrons. The summed E-state index contributed by atoms with van der Waals surface area (Å²) in [6, 6.07) is 7.69. The second kappa shape index (κ2) is 8.64. The Morgan fingerprint density at radius 3 is 2.42 bits per heavy atom. The molecule has 0 unspecified atom stereocenters. The van der Waals surface area contributed by atoms with Gasteiger partial charge in [0.1, 0.15) is 0 Å². The Kier molecular flexibility index (Phi) is 6.27. The molecule has 1 N–H and O–H groups in total. The molecule has 6 heteroatoms. The van der Waals surface area contributed by atoms with Crippen molar-refractivity contribution in [3.63, 3.8) is 0 Å². The molecule has 26 heavy (non-hydrogen) atoms. The molecule has 2 saturated heterocycles. The van der Waals surface area contributed by atoms with E-state index in [1.807, 2.05) is 43.0 Å². The fraction of sp³-hybridized carbons (Fsp3) is 0.600. The molecule has 0 aliphatic carbocycles. The Balaban J connectivity index is 1.44. The average Bonchev–Trinajstić information content (AvgIpc) is 3.16. The van der Waals surface area contributed by atoms with Gasteiger partial charge in [0.05, 0.1) is 12.6 Å². The number of nitrogens with one attached hydrogen (secondary N) is 1. The van der Waals surface area contributed by atoms with Crippen LogP contribution in [0.4, 0.5) is 5.69 Å². The molecule has 2 heterocycles. The van der Waals surface area contributed by atoms with Crippen LogP contribution in [0.2, 0.25) is 0 Å². The lowest BCUT2D eigenvalue weighted by Gasteiger charge is -2.37. The van der Waals surface area contributed by atoms with Crippen molar-refractivity contribution in [2.24, 2.45) is 0 Å². The van der Waals surface area contributed by atoms with E-state index in [0.717, 1.165) is 63.4 Å². The Morgan fingerprint density at radius 1 is 1.08 bits per heavy atom. The predicted octanol–water partition coefficient (Wildman–Crippen LogP) is 1.56. The number of anilines is 1. The molecule has 0 aromatic heterocycles. The van der Waals surface area contributed by atoms with E-state index in [0.29, 0.717) is 6.54 Å². The van der Waals surface area contributed by atoms with E-state index in [2.05, 4.69) is 15.1 Å². The van der Waals surface area contributed by atoms with Gasteiger partial charge in [-0.2, -0.15) is 0 Å². The van der Waals surface area contributed by atoms with Crippen LogP contribution in [0.15, 0.2) is 24.3 Å². The summed E-state index contributed by atoms with van der Waals surface area (Å²) in [6.07, 6.45) is 2.26. The molecule has 0 bridgehead atoms. The summed E-state index contributed by atoms with van der Waals surface area (Å²) in [5.74, 6) is 0.276. The molecule has 2 amide bonds. The number of carbonyl (C=O) groups excluding carboxylic acids is 2. The number of hydrogen-bond acceptors (Lipinski definition) is 4. The maximum Gasteiger partial charge on any atom is 0.241 e. The first-order valence-corrected chi connectivity index (χ1v) is 9.64. The largest absolute Gasteiger partial charge is 0.342 e. The van der Waals surface area contributed by atoms with Crippen molar-refractivity contribution < 1.29 is 9.59 Å². The van der Waals surface area contributed by atoms with Crippen molar-refractivity contribution in [3.05, 3.63) is 29.8 Å². The zero-order chi connectivity index (χ0) is 18.5. The number of aryl methyl sites for hydroxylation is 1. The average molecular weight is 358 g/mol. The summed E-state index contributed by atoms with van der Waals surface area (Å²) in [4.78, 5) is 31.2. The smallest absolute Gasteiger partial charge is 0.241 e. The number of likely N-dealkylation sites (tertiary alicyclic amines) is 1. The third kappa shape index (κ3) is 4.83. The molecule has 1 aromatic carbocycles. The van der Waals surface area contributed by atoms with Crippen LogP contribution in [0.1, 0.15) is 25.3 Å². The van der Waals surface area contributed by atoms with Crippen molar-refractivity contribution in [2.75, 3.05) is 51.1 Å². The number of piperazine rings is 1. The number of carbonyl (C=O) groups is 2. The van der Waals surface area contributed by atoms with Gasteiger partial charge < -0.3 is 10.2 Å². The van der Waals surface area contributed by atoms with Crippen LogP contribution in [0.25, 0.3) is 0 Å². The lowest BCUT2D eigenvalue weighted by atomic mass is 10.2. The van der Waals surface area contributed by atoms with E-state index >= 15 is 0 Å². The van der Waals surface area contributed by atoms with Crippen molar-refractivity contribution in [1.29, 1.82) is 0 Å². The minimum atomic E-state index is -0.174. The van der Waals surface area contributed by atoms with Gasteiger partial charge in [0.15, 0.2) is 0 Å². The van der Waals surface area contributed by atoms with Crippen LogP contribution < -0.4 is 5.32 Å². The molecule has 2 aliphatic rings. The second-order valence-corrected chi connectivity index (χ2v) is 7.43. The third-order valence-electron chi connectivity index (χ3n) is 5.44. The standard InChI is InChI=1S/C20H30N4O2/c1-16-6-5-7-18(14-16)21-20(26)17(2)23-12-10-22(11-13-23)15-19(25)24-8-3-4-9-24/h5-7,14,17H,3-4,8-13,15H2,1-2H3,(H,21,26)/t17-/m1/s1. The number of nitrogens with zero attached hydrogens (tertiary/aromatic N) is 3. The highest BCUT2D eigenvalue weighted by atomic mass is 16.2. The summed E-state index contributed by atoms with van der Waals surface area (Å²) >= 11 is 0. The van der Waals surface area contributed by atoms with E-state index < -0.39 is 0 Å². The van der Waals surface area contributed by atoms with Crippen LogP contribution >= 0.6 is 0 Å². The van der Waals surface area contributed by atoms with Crippen molar-refractivity contribution in [2.45, 2.75) is 32.7 Å². The summed E-state index contributed by atoms with van der Waals surface area (Å²) in [7, 11) is 0. The molecule has 2 aliphatic heterocycles. The van der Waals surface area contributed by atoms with Gasteiger partial charge in [-0.15, -0.1) is 0 Å². The van der Waals surface area contributed by atoms with Gasteiger partial charge in [-0.05, 0) is 44.4 Å². The Labute approximate surface area is 156 Å². The number of amides is 2. The minimum absolute atomic E-state index is 0.0252. The first kappa shape index (κ1) is 18.9. The van der Waals surface area contributed by atoms with E-state index in [-0.39, 0.29) is 17.9 Å². The Bertz CT molecular complexity index is 634. The van der Waals surface area contributed by atoms with Crippen LogP contribution in [-0.4, -0.2) is 78.4 Å². The zero-order valence-corrected chi connectivity index (χ0v) is 15.9. The minimum Gasteiger partial charge on any atom is -0.342 e.